The standard InChI is InChI=1S/C19H30OS.C17H26O2S.C17H24O2.C16H22O2S.C15H22O2S.C15H20O2S.C15H18O2.2H2S/c1-10-15-13(4)11(2)12(3)14(5)16(15)18(6,7)19(8,9)17(20)21;1-9-10(2)12(4)14(18)13(11(9)3)16(5,6)17(7,8)15(19)20;1-9-10(2)12(4)14-13(11(9)3)16(5,6)17(7,8)15(18)19-14;1-8-9(2)12(5)15(18-7)14(10(8)3)11(4)13(6)16(17)19;1-8-9(2)11(4)13(15(5,6)17-7)12(10(8)3)14(16)18;1-7-8(2)11(5)14(16)13(9(7)3)10(4)12(6)15(17)18;1-7-8(2)11(5)14-13(9(7)3)10(4)12(6)15(16)17-14;;/h10H2,1-9H3,(H,20,21);18H,1-8H3,(H,19,20);1-8H3;1-7H3,(H,17,19);1-7H3,(H,16,18);16H,1-6H3,(H,17,18);1-6H3;2*1H2/b;;;13-11+;;12-10-;;;. The molecule has 13 nitrogen and oxygen atoms in total. The Morgan fingerprint density at radius 3 is 1.06 bits per heavy atom. The lowest BCUT2D eigenvalue weighted by atomic mass is 9.61. The van der Waals surface area contributed by atoms with Gasteiger partial charge in [0.25, 0.3) is 0 Å². The zero-order chi connectivity index (χ0) is 104. The number of allylic oxidation sites excluding steroid dienone is 2. The van der Waals surface area contributed by atoms with Gasteiger partial charge in [0.05, 0.1) is 18.1 Å². The van der Waals surface area contributed by atoms with E-state index in [1.54, 1.807) is 28.1 Å². The molecule has 0 saturated heterocycles. The second kappa shape index (κ2) is 46.8. The Labute approximate surface area is 848 Å². The van der Waals surface area contributed by atoms with E-state index in [0.717, 1.165) is 146 Å². The minimum absolute atomic E-state index is 0. The van der Waals surface area contributed by atoms with Gasteiger partial charge in [-0.2, -0.15) is 27.0 Å². The van der Waals surface area contributed by atoms with Crippen molar-refractivity contribution in [1.82, 2.24) is 0 Å². The van der Waals surface area contributed by atoms with Crippen molar-refractivity contribution in [3.63, 3.8) is 0 Å². The van der Waals surface area contributed by atoms with Crippen molar-refractivity contribution in [2.45, 2.75) is 368 Å². The van der Waals surface area contributed by atoms with E-state index in [4.69, 9.17) is 18.6 Å². The summed E-state index contributed by atoms with van der Waals surface area (Å²) >= 11 is 20.0. The van der Waals surface area contributed by atoms with Crippen LogP contribution in [-0.4, -0.2) is 56.0 Å². The Bertz CT molecular complexity index is 6040. The number of fused-ring (bicyclic) bond motifs is 2. The molecule has 0 atom stereocenters. The quantitative estimate of drug-likeness (QED) is 0.0168. The number of hydrogen-bond acceptors (Lipinski definition) is 13. The number of phenols is 2. The smallest absolute Gasteiger partial charge is 0.339 e. The van der Waals surface area contributed by atoms with Gasteiger partial charge in [0.15, 0.2) is 10.2 Å². The molecule has 2 N–H and O–H groups in total. The van der Waals surface area contributed by atoms with E-state index in [1.165, 1.54) is 94.6 Å². The van der Waals surface area contributed by atoms with Gasteiger partial charge in [-0.15, -0.1) is 63.1 Å². The molecular formula is C114H166O13S7. The van der Waals surface area contributed by atoms with Crippen LogP contribution in [0.3, 0.4) is 0 Å². The molecule has 7 aromatic carbocycles. The molecule has 742 valence electrons. The lowest BCUT2D eigenvalue weighted by Crippen LogP contribution is -2.49. The molecule has 0 aliphatic carbocycles. The van der Waals surface area contributed by atoms with Crippen LogP contribution >= 0.6 is 90.1 Å². The topological polar surface area (TPSA) is 201 Å². The summed E-state index contributed by atoms with van der Waals surface area (Å²) in [4.78, 5) is 82.8. The first-order chi connectivity index (χ1) is 59.7. The Morgan fingerprint density at radius 2 is 0.672 bits per heavy atom. The number of carbonyl (C=O) groups excluding carboxylic acids is 6. The van der Waals surface area contributed by atoms with Crippen molar-refractivity contribution >= 4 is 144 Å². The number of carbonyl (C=O) groups is 6. The third-order valence-corrected chi connectivity index (χ3v) is 34.9. The van der Waals surface area contributed by atoms with E-state index in [-0.39, 0.29) is 80.7 Å². The molecule has 0 amide bonds. The summed E-state index contributed by atoms with van der Waals surface area (Å²) in [5, 5.41) is 21.2. The zero-order valence-corrected chi connectivity index (χ0v) is 97.8. The summed E-state index contributed by atoms with van der Waals surface area (Å²) < 4.78 is 22.3. The third kappa shape index (κ3) is 23.6. The Hall–Kier alpha value is -7.14. The molecule has 0 saturated carbocycles. The SMILES string of the molecule is C/C(C(=O)S)=C(\C)c1c(C)c(C)c(C)c(C)c1O.CCc1c(C)c(C)c(C)c(C)c1C(C)(C)C(C)(C)C(=O)S.COC(C)(C)c1c(C)c(C)c(C)c(C)c1C(=O)S.COc1c(C)c(C)c(C)c(C)c1/C(C)=C(\C)C(=O)S.Cc1c(C)c(C)c(C(C)(C)C(C)(C)C(=O)S)c(O)c1C.Cc1c(C)c(C)c2c(C)c(C)c(=O)oc2c1C.Cc1c(C)c(C)c2c(c1C)OC(=O)C(C)(C)C2(C)C.S.S. The fourth-order valence-corrected chi connectivity index (χ4v) is 19.2. The number of ether oxygens (including phenoxy) is 3. The predicted octanol–water partition coefficient (Wildman–Crippen LogP) is 29.6. The number of aryl methyl sites for hydroxylation is 3. The van der Waals surface area contributed by atoms with Crippen LogP contribution in [-0.2, 0) is 57.0 Å². The van der Waals surface area contributed by atoms with E-state index in [2.05, 4.69) is 209 Å². The number of benzene rings is 7. The Balaban J connectivity index is 0.000000780. The van der Waals surface area contributed by atoms with Crippen molar-refractivity contribution in [2.75, 3.05) is 14.2 Å². The highest BCUT2D eigenvalue weighted by Crippen LogP contribution is 2.55. The van der Waals surface area contributed by atoms with E-state index in [0.29, 0.717) is 28.0 Å². The van der Waals surface area contributed by atoms with Crippen molar-refractivity contribution in [1.29, 1.82) is 0 Å². The molecule has 20 heteroatoms. The summed E-state index contributed by atoms with van der Waals surface area (Å²) in [6.45, 7) is 99.5. The highest BCUT2D eigenvalue weighted by molar-refractivity contribution is 7.98. The van der Waals surface area contributed by atoms with Crippen molar-refractivity contribution in [2.24, 2.45) is 16.2 Å². The van der Waals surface area contributed by atoms with Crippen LogP contribution in [0.4, 0.5) is 0 Å². The average Bonchev–Trinajstić information content (AvgIpc) is 0.717. The number of methoxy groups -OCH3 is 2. The fraction of sp³-hybridized carbons (Fsp3) is 0.518. The number of thiol groups is 5. The largest absolute Gasteiger partial charge is 0.507 e. The summed E-state index contributed by atoms with van der Waals surface area (Å²) in [6.07, 6.45) is 0.989. The van der Waals surface area contributed by atoms with Gasteiger partial charge in [0, 0.05) is 84.1 Å². The Morgan fingerprint density at radius 1 is 0.358 bits per heavy atom. The lowest BCUT2D eigenvalue weighted by molar-refractivity contribution is -0.150. The van der Waals surface area contributed by atoms with Gasteiger partial charge < -0.3 is 28.8 Å². The molecule has 0 spiro atoms. The second-order valence-electron chi connectivity index (χ2n) is 40.7. The zero-order valence-electron chi connectivity index (χ0n) is 91.3. The average molecular weight is 1970 g/mol. The highest BCUT2D eigenvalue weighted by Gasteiger charge is 2.53. The number of rotatable bonds is 15. The summed E-state index contributed by atoms with van der Waals surface area (Å²) in [7, 11) is 3.34. The van der Waals surface area contributed by atoms with Gasteiger partial charge in [-0.05, 0) is 459 Å². The summed E-state index contributed by atoms with van der Waals surface area (Å²) in [5.74, 6) is 2.08. The summed E-state index contributed by atoms with van der Waals surface area (Å²) in [6, 6.07) is 0. The first kappa shape index (κ1) is 125. The van der Waals surface area contributed by atoms with Gasteiger partial charge >= 0.3 is 11.6 Å². The van der Waals surface area contributed by atoms with Crippen molar-refractivity contribution in [3.8, 4) is 23.0 Å². The number of phenolic OH excluding ortho intramolecular Hbond substituents is 2. The van der Waals surface area contributed by atoms with E-state index < -0.39 is 27.3 Å². The molecule has 134 heavy (non-hydrogen) atoms. The van der Waals surface area contributed by atoms with Crippen LogP contribution in [0.1, 0.15) is 348 Å². The minimum atomic E-state index is -0.674. The minimum Gasteiger partial charge on any atom is -0.507 e. The molecule has 0 radical (unpaired) electrons. The van der Waals surface area contributed by atoms with E-state index in [9.17, 15) is 43.8 Å². The third-order valence-electron chi connectivity index (χ3n) is 32.9. The van der Waals surface area contributed by atoms with Gasteiger partial charge in [-0.25, -0.2) is 4.79 Å². The molecule has 9 rings (SSSR count). The molecule has 0 unspecified atom stereocenters. The van der Waals surface area contributed by atoms with Crippen molar-refractivity contribution in [3.05, 3.63) is 233 Å². The maximum Gasteiger partial charge on any atom is 0.339 e. The first-order valence-corrected chi connectivity index (χ1v) is 47.8. The van der Waals surface area contributed by atoms with Crippen molar-refractivity contribution < 1.29 is 57.6 Å². The molecule has 1 aliphatic heterocycles. The van der Waals surface area contributed by atoms with Crippen LogP contribution in [0.15, 0.2) is 20.4 Å². The normalized spacial score (nSPS) is 13.1. The lowest BCUT2D eigenvalue weighted by Gasteiger charge is -2.46. The Kier molecular flexibility index (Phi) is 43.6. The van der Waals surface area contributed by atoms with Crippen LogP contribution in [0.5, 0.6) is 23.0 Å². The maximum atomic E-state index is 12.3. The predicted molar refractivity (Wildman–Crippen MR) is 595 cm³/mol. The highest BCUT2D eigenvalue weighted by atomic mass is 32.1. The summed E-state index contributed by atoms with van der Waals surface area (Å²) in [5.41, 5.74) is 42.9. The molecule has 0 bridgehead atoms. The molecule has 2 heterocycles. The maximum absolute atomic E-state index is 12.3. The molecule has 1 aromatic heterocycles. The number of aromatic hydroxyl groups is 2. The van der Waals surface area contributed by atoms with Gasteiger partial charge in [-0.1, -0.05) is 76.2 Å². The van der Waals surface area contributed by atoms with Crippen LogP contribution in [0.2, 0.25) is 0 Å². The number of esters is 1. The molecule has 8 aromatic rings. The van der Waals surface area contributed by atoms with Crippen LogP contribution in [0, 0.1) is 224 Å². The van der Waals surface area contributed by atoms with Gasteiger partial charge in [0.1, 0.15) is 28.6 Å². The fourth-order valence-electron chi connectivity index (χ4n) is 18.1. The monoisotopic (exact) mass is 1970 g/mol. The first-order valence-electron chi connectivity index (χ1n) is 45.6. The van der Waals surface area contributed by atoms with Gasteiger partial charge in [-0.3, -0.25) is 28.8 Å². The second-order valence-corrected chi connectivity index (χ2v) is 42.8. The molecule has 0 fully saturated rings. The molecule has 1 aliphatic rings. The van der Waals surface area contributed by atoms with Crippen LogP contribution in [0.25, 0.3) is 22.1 Å². The van der Waals surface area contributed by atoms with E-state index >= 15 is 0 Å². The van der Waals surface area contributed by atoms with Gasteiger partial charge in [0.2, 0.25) is 15.3 Å². The van der Waals surface area contributed by atoms with Crippen LogP contribution < -0.4 is 15.1 Å². The molecular weight excluding hydrogens is 1800 g/mol. The number of hydrogen-bond donors (Lipinski definition) is 7. The van der Waals surface area contributed by atoms with E-state index in [1.807, 2.05) is 180 Å².